The Labute approximate surface area is 108 Å². The number of carbonyl (C=O) groups excluding carboxylic acids is 1. The molecule has 0 aliphatic carbocycles. The topological polar surface area (TPSA) is 55.6 Å². The second-order valence-electron chi connectivity index (χ2n) is 4.36. The first kappa shape index (κ1) is 14.4. The molecule has 0 radical (unpaired) electrons. The highest BCUT2D eigenvalue weighted by Gasteiger charge is 2.23. The largest absolute Gasteiger partial charge is 0.393 e. The van der Waals surface area contributed by atoms with Gasteiger partial charge in [-0.25, -0.2) is 0 Å². The van der Waals surface area contributed by atoms with E-state index < -0.39 is 0 Å². The Morgan fingerprint density at radius 3 is 2.65 bits per heavy atom. The zero-order valence-electron chi connectivity index (χ0n) is 10.5. The van der Waals surface area contributed by atoms with Crippen LogP contribution < -0.4 is 5.73 Å². The van der Waals surface area contributed by atoms with Gasteiger partial charge in [-0.15, -0.1) is 0 Å². The molecule has 1 heterocycles. The molecule has 17 heavy (non-hydrogen) atoms. The highest BCUT2D eigenvalue weighted by Crippen LogP contribution is 2.18. The molecule has 4 nitrogen and oxygen atoms in total. The standard InChI is InChI=1S/C12H22N2O2S/c1-2-16-9-3-4-11(15)14-7-5-10(6-8-14)12(13)17/h10H,2-9H2,1H3,(H2,13,17). The summed E-state index contributed by atoms with van der Waals surface area (Å²) in [6.45, 7) is 4.92. The SMILES string of the molecule is CCOCCCC(=O)N1CCC(C(N)=S)CC1. The Morgan fingerprint density at radius 1 is 1.47 bits per heavy atom. The maximum Gasteiger partial charge on any atom is 0.222 e. The maximum absolute atomic E-state index is 11.8. The molecule has 2 N–H and O–H groups in total. The van der Waals surface area contributed by atoms with Crippen LogP contribution in [0.1, 0.15) is 32.6 Å². The van der Waals surface area contributed by atoms with E-state index in [4.69, 9.17) is 22.7 Å². The van der Waals surface area contributed by atoms with Crippen LogP contribution in [0.2, 0.25) is 0 Å². The maximum atomic E-state index is 11.8. The lowest BCUT2D eigenvalue weighted by Gasteiger charge is -2.31. The molecule has 0 spiro atoms. The Kier molecular flexibility index (Phi) is 6.44. The summed E-state index contributed by atoms with van der Waals surface area (Å²) in [5, 5.41) is 0. The lowest BCUT2D eigenvalue weighted by atomic mass is 9.97. The average Bonchev–Trinajstić information content (AvgIpc) is 2.34. The van der Waals surface area contributed by atoms with E-state index in [1.807, 2.05) is 11.8 Å². The second-order valence-corrected chi connectivity index (χ2v) is 4.83. The summed E-state index contributed by atoms with van der Waals surface area (Å²) < 4.78 is 5.22. The van der Waals surface area contributed by atoms with E-state index in [2.05, 4.69) is 0 Å². The number of carbonyl (C=O) groups is 1. The van der Waals surface area contributed by atoms with Crippen LogP contribution in [0, 0.1) is 5.92 Å². The minimum absolute atomic E-state index is 0.228. The summed E-state index contributed by atoms with van der Waals surface area (Å²) in [4.78, 5) is 14.4. The minimum Gasteiger partial charge on any atom is -0.393 e. The van der Waals surface area contributed by atoms with E-state index in [0.717, 1.165) is 32.4 Å². The van der Waals surface area contributed by atoms with Crippen LogP contribution in [0.15, 0.2) is 0 Å². The predicted molar refractivity (Wildman–Crippen MR) is 71.8 cm³/mol. The van der Waals surface area contributed by atoms with Crippen molar-refractivity contribution < 1.29 is 9.53 Å². The lowest BCUT2D eigenvalue weighted by molar-refractivity contribution is -0.132. The average molecular weight is 258 g/mol. The molecule has 1 saturated heterocycles. The molecule has 1 aliphatic heterocycles. The molecule has 0 aromatic rings. The van der Waals surface area contributed by atoms with Gasteiger partial charge in [0.1, 0.15) is 0 Å². The highest BCUT2D eigenvalue weighted by molar-refractivity contribution is 7.80. The number of thiocarbonyl (C=S) groups is 1. The van der Waals surface area contributed by atoms with Crippen LogP contribution in [0.25, 0.3) is 0 Å². The molecule has 1 aliphatic rings. The van der Waals surface area contributed by atoms with Crippen molar-refractivity contribution in [3.8, 4) is 0 Å². The van der Waals surface area contributed by atoms with E-state index in [9.17, 15) is 4.79 Å². The lowest BCUT2D eigenvalue weighted by Crippen LogP contribution is -2.41. The molecular formula is C12H22N2O2S. The molecule has 0 aromatic heterocycles. The predicted octanol–water partition coefficient (Wildman–Crippen LogP) is 1.33. The van der Waals surface area contributed by atoms with Crippen molar-refractivity contribution in [1.82, 2.24) is 4.90 Å². The van der Waals surface area contributed by atoms with Gasteiger partial charge in [-0.3, -0.25) is 4.79 Å². The molecule has 0 saturated carbocycles. The molecule has 0 atom stereocenters. The van der Waals surface area contributed by atoms with Crippen molar-refractivity contribution in [2.45, 2.75) is 32.6 Å². The van der Waals surface area contributed by atoms with E-state index in [0.29, 0.717) is 30.5 Å². The van der Waals surface area contributed by atoms with Gasteiger partial charge in [0.2, 0.25) is 5.91 Å². The van der Waals surface area contributed by atoms with Gasteiger partial charge >= 0.3 is 0 Å². The third kappa shape index (κ3) is 5.00. The number of ether oxygens (including phenoxy) is 1. The second kappa shape index (κ2) is 7.61. The zero-order chi connectivity index (χ0) is 12.7. The number of nitrogens with two attached hydrogens (primary N) is 1. The number of rotatable bonds is 6. The first-order valence-corrected chi connectivity index (χ1v) is 6.70. The molecule has 98 valence electrons. The number of piperidine rings is 1. The summed E-state index contributed by atoms with van der Waals surface area (Å²) in [6.07, 6.45) is 3.21. The van der Waals surface area contributed by atoms with Crippen molar-refractivity contribution in [2.24, 2.45) is 11.7 Å². The van der Waals surface area contributed by atoms with Gasteiger partial charge < -0.3 is 15.4 Å². The summed E-state index contributed by atoms with van der Waals surface area (Å²) in [5.74, 6) is 0.545. The Hall–Kier alpha value is -0.680. The molecule has 0 aromatic carbocycles. The van der Waals surface area contributed by atoms with Crippen molar-refractivity contribution in [2.75, 3.05) is 26.3 Å². The Morgan fingerprint density at radius 2 is 2.12 bits per heavy atom. The normalized spacial score (nSPS) is 17.1. The first-order valence-electron chi connectivity index (χ1n) is 6.30. The molecule has 1 amide bonds. The number of likely N-dealkylation sites (tertiary alicyclic amines) is 1. The highest BCUT2D eigenvalue weighted by atomic mass is 32.1. The monoisotopic (exact) mass is 258 g/mol. The third-order valence-corrected chi connectivity index (χ3v) is 3.47. The Bertz CT molecular complexity index is 263. The fraction of sp³-hybridized carbons (Fsp3) is 0.833. The first-order chi connectivity index (χ1) is 8.15. The number of hydrogen-bond donors (Lipinski definition) is 1. The van der Waals surface area contributed by atoms with Crippen LogP contribution in [0.5, 0.6) is 0 Å². The van der Waals surface area contributed by atoms with Gasteiger partial charge in [-0.05, 0) is 26.2 Å². The molecular weight excluding hydrogens is 236 g/mol. The molecule has 0 unspecified atom stereocenters. The van der Waals surface area contributed by atoms with Crippen LogP contribution in [0.3, 0.4) is 0 Å². The van der Waals surface area contributed by atoms with Gasteiger partial charge in [0, 0.05) is 38.6 Å². The van der Waals surface area contributed by atoms with Crippen LogP contribution >= 0.6 is 12.2 Å². The zero-order valence-corrected chi connectivity index (χ0v) is 11.3. The molecule has 1 fully saturated rings. The number of hydrogen-bond acceptors (Lipinski definition) is 3. The fourth-order valence-electron chi connectivity index (χ4n) is 2.04. The van der Waals surface area contributed by atoms with Crippen molar-refractivity contribution in [3.63, 3.8) is 0 Å². The molecule has 1 rings (SSSR count). The van der Waals surface area contributed by atoms with Gasteiger partial charge in [-0.2, -0.15) is 0 Å². The van der Waals surface area contributed by atoms with E-state index >= 15 is 0 Å². The van der Waals surface area contributed by atoms with Gasteiger partial charge in [0.25, 0.3) is 0 Å². The summed E-state index contributed by atoms with van der Waals surface area (Å²) in [7, 11) is 0. The van der Waals surface area contributed by atoms with Crippen LogP contribution in [0.4, 0.5) is 0 Å². The van der Waals surface area contributed by atoms with Crippen LogP contribution in [-0.2, 0) is 9.53 Å². The van der Waals surface area contributed by atoms with Crippen molar-refractivity contribution in [1.29, 1.82) is 0 Å². The van der Waals surface area contributed by atoms with Gasteiger partial charge in [0.15, 0.2) is 0 Å². The molecule has 0 bridgehead atoms. The smallest absolute Gasteiger partial charge is 0.222 e. The number of amides is 1. The summed E-state index contributed by atoms with van der Waals surface area (Å²) in [6, 6.07) is 0. The summed E-state index contributed by atoms with van der Waals surface area (Å²) in [5.41, 5.74) is 5.61. The van der Waals surface area contributed by atoms with Crippen molar-refractivity contribution >= 4 is 23.1 Å². The third-order valence-electron chi connectivity index (χ3n) is 3.13. The van der Waals surface area contributed by atoms with E-state index in [1.54, 1.807) is 0 Å². The molecule has 5 heteroatoms. The van der Waals surface area contributed by atoms with Crippen molar-refractivity contribution in [3.05, 3.63) is 0 Å². The van der Waals surface area contributed by atoms with Gasteiger partial charge in [0.05, 0.1) is 4.99 Å². The summed E-state index contributed by atoms with van der Waals surface area (Å²) >= 11 is 4.98. The fourth-order valence-corrected chi connectivity index (χ4v) is 2.28. The number of nitrogens with zero attached hydrogens (tertiary/aromatic N) is 1. The van der Waals surface area contributed by atoms with Gasteiger partial charge in [-0.1, -0.05) is 12.2 Å². The van der Waals surface area contributed by atoms with Crippen LogP contribution in [-0.4, -0.2) is 42.1 Å². The van der Waals surface area contributed by atoms with E-state index in [1.165, 1.54) is 0 Å². The minimum atomic E-state index is 0.228. The quantitative estimate of drug-likeness (QED) is 0.577. The Balaban J connectivity index is 2.19. The van der Waals surface area contributed by atoms with E-state index in [-0.39, 0.29) is 5.91 Å².